The Morgan fingerprint density at radius 3 is 2.25 bits per heavy atom. The van der Waals surface area contributed by atoms with Crippen LogP contribution in [-0.4, -0.2) is 24.1 Å². The Morgan fingerprint density at radius 1 is 0.917 bits per heavy atom. The molecule has 1 fully saturated rings. The summed E-state index contributed by atoms with van der Waals surface area (Å²) in [7, 11) is 0. The van der Waals surface area contributed by atoms with Gasteiger partial charge in [0.05, 0.1) is 0 Å². The van der Waals surface area contributed by atoms with Crippen molar-refractivity contribution < 1.29 is 4.79 Å². The van der Waals surface area contributed by atoms with Gasteiger partial charge < -0.3 is 10.2 Å². The van der Waals surface area contributed by atoms with Gasteiger partial charge in [0.15, 0.2) is 5.11 Å². The van der Waals surface area contributed by atoms with E-state index in [1.54, 1.807) is 12.1 Å². The molecule has 2 aromatic carbocycles. The van der Waals surface area contributed by atoms with Gasteiger partial charge in [0.25, 0.3) is 5.91 Å². The Hall–Kier alpha value is -2.40. The molecule has 0 radical (unpaired) electrons. The molecule has 124 valence electrons. The van der Waals surface area contributed by atoms with E-state index < -0.39 is 0 Å². The minimum Gasteiger partial charge on any atom is -0.372 e. The number of carbonyl (C=O) groups is 1. The highest BCUT2D eigenvalue weighted by Gasteiger charge is 2.11. The van der Waals surface area contributed by atoms with Gasteiger partial charge in [-0.05, 0) is 67.9 Å². The van der Waals surface area contributed by atoms with Crippen LogP contribution in [0.2, 0.25) is 0 Å². The van der Waals surface area contributed by atoms with Crippen LogP contribution in [0.1, 0.15) is 29.6 Å². The number of thiocarbonyl (C=S) groups is 1. The lowest BCUT2D eigenvalue weighted by molar-refractivity contribution is 0.0977. The van der Waals surface area contributed by atoms with Gasteiger partial charge in [-0.3, -0.25) is 10.1 Å². The van der Waals surface area contributed by atoms with Crippen LogP contribution in [0.4, 0.5) is 11.4 Å². The summed E-state index contributed by atoms with van der Waals surface area (Å²) in [6.07, 6.45) is 3.84. The minimum absolute atomic E-state index is 0.210. The van der Waals surface area contributed by atoms with E-state index in [0.717, 1.165) is 18.8 Å². The molecule has 1 saturated heterocycles. The van der Waals surface area contributed by atoms with E-state index in [-0.39, 0.29) is 5.91 Å². The number of piperidine rings is 1. The number of rotatable bonds is 3. The smallest absolute Gasteiger partial charge is 0.257 e. The van der Waals surface area contributed by atoms with Crippen molar-refractivity contribution in [3.63, 3.8) is 0 Å². The van der Waals surface area contributed by atoms with Gasteiger partial charge >= 0.3 is 0 Å². The highest BCUT2D eigenvalue weighted by molar-refractivity contribution is 7.80. The molecule has 1 amide bonds. The van der Waals surface area contributed by atoms with Crippen LogP contribution in [0.3, 0.4) is 0 Å². The predicted molar refractivity (Wildman–Crippen MR) is 103 cm³/mol. The Labute approximate surface area is 147 Å². The molecule has 1 heterocycles. The first kappa shape index (κ1) is 16.5. The molecule has 0 bridgehead atoms. The predicted octanol–water partition coefficient (Wildman–Crippen LogP) is 3.80. The monoisotopic (exact) mass is 339 g/mol. The first-order valence-corrected chi connectivity index (χ1v) is 8.65. The van der Waals surface area contributed by atoms with Crippen molar-refractivity contribution in [1.82, 2.24) is 5.32 Å². The lowest BCUT2D eigenvalue weighted by atomic mass is 10.1. The molecular weight excluding hydrogens is 318 g/mol. The summed E-state index contributed by atoms with van der Waals surface area (Å²) in [5, 5.41) is 6.05. The third kappa shape index (κ3) is 4.32. The number of anilines is 2. The Balaban J connectivity index is 1.55. The fourth-order valence-electron chi connectivity index (χ4n) is 2.83. The van der Waals surface area contributed by atoms with Gasteiger partial charge in [0, 0.05) is 30.0 Å². The van der Waals surface area contributed by atoms with E-state index in [1.165, 1.54) is 24.9 Å². The normalized spacial score (nSPS) is 14.1. The summed E-state index contributed by atoms with van der Waals surface area (Å²) in [6, 6.07) is 17.2. The van der Waals surface area contributed by atoms with Crippen molar-refractivity contribution >= 4 is 34.6 Å². The molecule has 1 aliphatic heterocycles. The lowest BCUT2D eigenvalue weighted by Crippen LogP contribution is -2.34. The number of amides is 1. The third-order valence-corrected chi connectivity index (χ3v) is 4.31. The van der Waals surface area contributed by atoms with E-state index in [9.17, 15) is 4.79 Å². The summed E-state index contributed by atoms with van der Waals surface area (Å²) in [4.78, 5) is 14.5. The number of hydrogen-bond acceptors (Lipinski definition) is 3. The van der Waals surface area contributed by atoms with Crippen molar-refractivity contribution in [2.24, 2.45) is 0 Å². The third-order valence-electron chi connectivity index (χ3n) is 4.11. The molecule has 24 heavy (non-hydrogen) atoms. The zero-order valence-electron chi connectivity index (χ0n) is 13.5. The van der Waals surface area contributed by atoms with Crippen LogP contribution in [0.5, 0.6) is 0 Å². The molecule has 0 aliphatic carbocycles. The molecule has 0 atom stereocenters. The van der Waals surface area contributed by atoms with Gasteiger partial charge in [0.2, 0.25) is 0 Å². The molecule has 4 nitrogen and oxygen atoms in total. The van der Waals surface area contributed by atoms with E-state index in [2.05, 4.69) is 27.7 Å². The average Bonchev–Trinajstić information content (AvgIpc) is 2.64. The second-order valence-electron chi connectivity index (χ2n) is 5.87. The number of carbonyl (C=O) groups excluding carboxylic acids is 1. The van der Waals surface area contributed by atoms with E-state index in [0.29, 0.717) is 10.7 Å². The molecule has 0 unspecified atom stereocenters. The number of hydrogen-bond donors (Lipinski definition) is 2. The molecule has 2 N–H and O–H groups in total. The van der Waals surface area contributed by atoms with Crippen LogP contribution in [-0.2, 0) is 0 Å². The van der Waals surface area contributed by atoms with Gasteiger partial charge in [-0.15, -0.1) is 0 Å². The van der Waals surface area contributed by atoms with Crippen molar-refractivity contribution in [2.75, 3.05) is 23.3 Å². The number of benzene rings is 2. The molecule has 2 aromatic rings. The van der Waals surface area contributed by atoms with Crippen LogP contribution >= 0.6 is 12.2 Å². The first-order valence-electron chi connectivity index (χ1n) is 8.25. The maximum Gasteiger partial charge on any atom is 0.257 e. The van der Waals surface area contributed by atoms with E-state index in [1.807, 2.05) is 30.3 Å². The number of nitrogens with zero attached hydrogens (tertiary/aromatic N) is 1. The van der Waals surface area contributed by atoms with E-state index in [4.69, 9.17) is 12.2 Å². The molecule has 0 aromatic heterocycles. The summed E-state index contributed by atoms with van der Waals surface area (Å²) < 4.78 is 0. The fourth-order valence-corrected chi connectivity index (χ4v) is 3.05. The maximum atomic E-state index is 12.1. The quantitative estimate of drug-likeness (QED) is 0.835. The Kier molecular flexibility index (Phi) is 5.43. The summed E-state index contributed by atoms with van der Waals surface area (Å²) in [5.41, 5.74) is 2.69. The SMILES string of the molecule is O=C(NC(=S)Nc1ccc(N2CCCCC2)cc1)c1ccccc1. The second kappa shape index (κ2) is 7.93. The second-order valence-corrected chi connectivity index (χ2v) is 6.28. The lowest BCUT2D eigenvalue weighted by Gasteiger charge is -2.28. The summed E-state index contributed by atoms with van der Waals surface area (Å²) in [5.74, 6) is -0.210. The maximum absolute atomic E-state index is 12.1. The molecule has 0 saturated carbocycles. The standard InChI is InChI=1S/C19H21N3OS/c23-18(15-7-3-1-4-8-15)21-19(24)20-16-9-11-17(12-10-16)22-13-5-2-6-14-22/h1,3-4,7-12H,2,5-6,13-14H2,(H2,20,21,23,24). The van der Waals surface area contributed by atoms with Crippen LogP contribution < -0.4 is 15.5 Å². The zero-order valence-corrected chi connectivity index (χ0v) is 14.3. The van der Waals surface area contributed by atoms with Crippen molar-refractivity contribution in [2.45, 2.75) is 19.3 Å². The first-order chi connectivity index (χ1) is 11.7. The van der Waals surface area contributed by atoms with Gasteiger partial charge in [0.1, 0.15) is 0 Å². The van der Waals surface area contributed by atoms with Crippen molar-refractivity contribution in [3.05, 3.63) is 60.2 Å². The van der Waals surface area contributed by atoms with Crippen molar-refractivity contribution in [1.29, 1.82) is 0 Å². The Bertz CT molecular complexity index is 694. The molecule has 3 rings (SSSR count). The van der Waals surface area contributed by atoms with E-state index >= 15 is 0 Å². The molecular formula is C19H21N3OS. The highest BCUT2D eigenvalue weighted by Crippen LogP contribution is 2.21. The Morgan fingerprint density at radius 2 is 1.58 bits per heavy atom. The van der Waals surface area contributed by atoms with Crippen LogP contribution in [0, 0.1) is 0 Å². The molecule has 0 spiro atoms. The molecule has 5 heteroatoms. The summed E-state index contributed by atoms with van der Waals surface area (Å²) >= 11 is 5.22. The molecule has 1 aliphatic rings. The topological polar surface area (TPSA) is 44.4 Å². The van der Waals surface area contributed by atoms with Gasteiger partial charge in [-0.2, -0.15) is 0 Å². The fraction of sp³-hybridized carbons (Fsp3) is 0.263. The van der Waals surface area contributed by atoms with Crippen molar-refractivity contribution in [3.8, 4) is 0 Å². The summed E-state index contributed by atoms with van der Waals surface area (Å²) in [6.45, 7) is 2.25. The highest BCUT2D eigenvalue weighted by atomic mass is 32.1. The largest absolute Gasteiger partial charge is 0.372 e. The zero-order chi connectivity index (χ0) is 16.8. The van der Waals surface area contributed by atoms with Crippen LogP contribution in [0.15, 0.2) is 54.6 Å². The van der Waals surface area contributed by atoms with Crippen LogP contribution in [0.25, 0.3) is 0 Å². The average molecular weight is 339 g/mol. The van der Waals surface area contributed by atoms with Gasteiger partial charge in [-0.25, -0.2) is 0 Å². The minimum atomic E-state index is -0.210. The number of nitrogens with one attached hydrogen (secondary N) is 2. The van der Waals surface area contributed by atoms with Gasteiger partial charge in [-0.1, -0.05) is 18.2 Å².